The minimum atomic E-state index is 0.591. The van der Waals surface area contributed by atoms with E-state index >= 15 is 0 Å². The minimum Gasteiger partial charge on any atom is -0.383 e. The van der Waals surface area contributed by atoms with Crippen LogP contribution in [-0.4, -0.2) is 4.98 Å². The van der Waals surface area contributed by atoms with Gasteiger partial charge in [-0.2, -0.15) is 0 Å². The average molecular weight is 283 g/mol. The lowest BCUT2D eigenvalue weighted by Crippen LogP contribution is -1.87. The monoisotopic (exact) mass is 282 g/mol. The minimum absolute atomic E-state index is 0.591. The first-order chi connectivity index (χ1) is 7.08. The number of anilines is 1. The summed E-state index contributed by atoms with van der Waals surface area (Å²) in [4.78, 5) is 4.27. The van der Waals surface area contributed by atoms with Crippen molar-refractivity contribution >= 4 is 33.1 Å². The number of halogens is 1. The Morgan fingerprint density at radius 3 is 2.33 bits per heavy atom. The number of hydrogen-bond donors (Lipinski definition) is 1. The second-order valence-corrected chi connectivity index (χ2v) is 5.15. The molecule has 2 aromatic rings. The number of aryl methyl sites for hydroxylation is 2. The fraction of sp³-hybridized carbons (Fsp3) is 0.182. The van der Waals surface area contributed by atoms with E-state index in [2.05, 4.69) is 46.9 Å². The van der Waals surface area contributed by atoms with Gasteiger partial charge in [0.05, 0.1) is 0 Å². The summed E-state index contributed by atoms with van der Waals surface area (Å²) in [7, 11) is 0. The van der Waals surface area contributed by atoms with Crippen LogP contribution >= 0.6 is 27.3 Å². The Balaban J connectivity index is 2.55. The molecule has 0 saturated carbocycles. The highest BCUT2D eigenvalue weighted by molar-refractivity contribution is 9.10. The van der Waals surface area contributed by atoms with Gasteiger partial charge in [-0.3, -0.25) is 0 Å². The van der Waals surface area contributed by atoms with E-state index in [1.165, 1.54) is 11.1 Å². The lowest BCUT2D eigenvalue weighted by molar-refractivity contribution is 1.33. The highest BCUT2D eigenvalue weighted by Crippen LogP contribution is 2.30. The third kappa shape index (κ3) is 2.06. The van der Waals surface area contributed by atoms with Crippen LogP contribution < -0.4 is 5.73 Å². The van der Waals surface area contributed by atoms with Crippen molar-refractivity contribution in [3.8, 4) is 10.6 Å². The Morgan fingerprint density at radius 1 is 1.27 bits per heavy atom. The van der Waals surface area contributed by atoms with E-state index in [-0.39, 0.29) is 0 Å². The molecule has 0 aliphatic heterocycles. The molecule has 4 heteroatoms. The van der Waals surface area contributed by atoms with Gasteiger partial charge in [0.25, 0.3) is 0 Å². The van der Waals surface area contributed by atoms with Gasteiger partial charge in [0.15, 0.2) is 0 Å². The molecule has 0 unspecified atom stereocenters. The van der Waals surface area contributed by atoms with Gasteiger partial charge in [-0.1, -0.05) is 15.9 Å². The molecule has 1 heterocycles. The zero-order valence-electron chi connectivity index (χ0n) is 8.54. The van der Waals surface area contributed by atoms with E-state index in [0.29, 0.717) is 5.82 Å². The fourth-order valence-electron chi connectivity index (χ4n) is 1.49. The van der Waals surface area contributed by atoms with E-state index in [4.69, 9.17) is 5.73 Å². The van der Waals surface area contributed by atoms with Crippen LogP contribution in [0.15, 0.2) is 22.0 Å². The maximum absolute atomic E-state index is 5.61. The second-order valence-electron chi connectivity index (χ2n) is 3.50. The number of nitrogen functional groups attached to an aromatic ring is 1. The standard InChI is InChI=1S/C11H11BrN2S/c1-6-3-8(4-7(2)10(6)12)11-14-9(13)5-15-11/h3-5H,13H2,1-2H3. The van der Waals surface area contributed by atoms with E-state index in [9.17, 15) is 0 Å². The molecule has 78 valence electrons. The Bertz CT molecular complexity index is 482. The maximum Gasteiger partial charge on any atom is 0.135 e. The predicted octanol–water partition coefficient (Wildman–Crippen LogP) is 3.77. The Labute approximate surface area is 101 Å². The van der Waals surface area contributed by atoms with Crippen LogP contribution in [0.2, 0.25) is 0 Å². The Kier molecular flexibility index (Phi) is 2.80. The zero-order chi connectivity index (χ0) is 11.0. The summed E-state index contributed by atoms with van der Waals surface area (Å²) in [6, 6.07) is 4.24. The first-order valence-electron chi connectivity index (χ1n) is 4.56. The van der Waals surface area contributed by atoms with Crippen LogP contribution in [0.1, 0.15) is 11.1 Å². The Morgan fingerprint density at radius 2 is 1.87 bits per heavy atom. The summed E-state index contributed by atoms with van der Waals surface area (Å²) in [6.07, 6.45) is 0. The molecule has 0 fully saturated rings. The van der Waals surface area contributed by atoms with Crippen molar-refractivity contribution in [1.29, 1.82) is 0 Å². The fourth-order valence-corrected chi connectivity index (χ4v) is 2.41. The van der Waals surface area contributed by atoms with Gasteiger partial charge in [0.1, 0.15) is 10.8 Å². The molecule has 0 saturated heterocycles. The molecule has 0 aliphatic carbocycles. The normalized spacial score (nSPS) is 10.6. The van der Waals surface area contributed by atoms with Crippen LogP contribution in [0.3, 0.4) is 0 Å². The quantitative estimate of drug-likeness (QED) is 0.865. The summed E-state index contributed by atoms with van der Waals surface area (Å²) in [5, 5.41) is 2.84. The number of rotatable bonds is 1. The first-order valence-corrected chi connectivity index (χ1v) is 6.23. The number of aromatic nitrogens is 1. The van der Waals surface area contributed by atoms with Gasteiger partial charge >= 0.3 is 0 Å². The predicted molar refractivity (Wildman–Crippen MR) is 69.1 cm³/mol. The molecule has 0 bridgehead atoms. The number of thiazole rings is 1. The van der Waals surface area contributed by atoms with Gasteiger partial charge in [0.2, 0.25) is 0 Å². The molecule has 1 aromatic heterocycles. The van der Waals surface area contributed by atoms with Crippen molar-refractivity contribution in [3.63, 3.8) is 0 Å². The van der Waals surface area contributed by atoms with Crippen molar-refractivity contribution in [1.82, 2.24) is 4.98 Å². The van der Waals surface area contributed by atoms with Crippen LogP contribution in [0, 0.1) is 13.8 Å². The van der Waals surface area contributed by atoms with Crippen molar-refractivity contribution in [2.24, 2.45) is 0 Å². The van der Waals surface area contributed by atoms with Gasteiger partial charge in [0, 0.05) is 15.4 Å². The van der Waals surface area contributed by atoms with Crippen LogP contribution in [0.5, 0.6) is 0 Å². The number of hydrogen-bond acceptors (Lipinski definition) is 3. The number of nitrogens with two attached hydrogens (primary N) is 1. The van der Waals surface area contributed by atoms with Crippen molar-refractivity contribution in [2.75, 3.05) is 5.73 Å². The number of benzene rings is 1. The molecule has 0 amide bonds. The third-order valence-corrected chi connectivity index (χ3v) is 4.37. The van der Waals surface area contributed by atoms with Crippen molar-refractivity contribution in [3.05, 3.63) is 33.1 Å². The maximum atomic E-state index is 5.61. The van der Waals surface area contributed by atoms with Gasteiger partial charge in [-0.15, -0.1) is 11.3 Å². The van der Waals surface area contributed by atoms with E-state index in [1.54, 1.807) is 11.3 Å². The Hall–Kier alpha value is -0.870. The van der Waals surface area contributed by atoms with Crippen LogP contribution in [-0.2, 0) is 0 Å². The lowest BCUT2D eigenvalue weighted by Gasteiger charge is -2.05. The van der Waals surface area contributed by atoms with E-state index in [1.807, 2.05) is 5.38 Å². The van der Waals surface area contributed by atoms with Gasteiger partial charge in [-0.05, 0) is 37.1 Å². The smallest absolute Gasteiger partial charge is 0.135 e. The summed E-state index contributed by atoms with van der Waals surface area (Å²) < 4.78 is 1.16. The molecule has 2 nitrogen and oxygen atoms in total. The molecule has 2 rings (SSSR count). The molecule has 0 spiro atoms. The van der Waals surface area contributed by atoms with Crippen molar-refractivity contribution in [2.45, 2.75) is 13.8 Å². The summed E-state index contributed by atoms with van der Waals surface area (Å²) in [6.45, 7) is 4.16. The SMILES string of the molecule is Cc1cc(-c2nc(N)cs2)cc(C)c1Br. The van der Waals surface area contributed by atoms with Crippen molar-refractivity contribution < 1.29 is 0 Å². The first kappa shape index (κ1) is 10.6. The highest BCUT2D eigenvalue weighted by Gasteiger charge is 2.07. The lowest BCUT2D eigenvalue weighted by atomic mass is 10.1. The molecule has 1 aromatic carbocycles. The summed E-state index contributed by atoms with van der Waals surface area (Å²) in [5.74, 6) is 0.591. The molecular formula is C11H11BrN2S. The van der Waals surface area contributed by atoms with E-state index in [0.717, 1.165) is 15.0 Å². The van der Waals surface area contributed by atoms with Gasteiger partial charge < -0.3 is 5.73 Å². The second kappa shape index (κ2) is 3.94. The van der Waals surface area contributed by atoms with Crippen LogP contribution in [0.25, 0.3) is 10.6 Å². The third-order valence-electron chi connectivity index (χ3n) is 2.21. The molecular weight excluding hydrogens is 272 g/mol. The molecule has 2 N–H and O–H groups in total. The largest absolute Gasteiger partial charge is 0.383 e. The molecule has 0 atom stereocenters. The number of nitrogens with zero attached hydrogens (tertiary/aromatic N) is 1. The molecule has 15 heavy (non-hydrogen) atoms. The average Bonchev–Trinajstić information content (AvgIpc) is 2.60. The summed E-state index contributed by atoms with van der Waals surface area (Å²) in [5.41, 5.74) is 9.19. The molecule has 0 aliphatic rings. The molecule has 0 radical (unpaired) electrons. The highest BCUT2D eigenvalue weighted by atomic mass is 79.9. The van der Waals surface area contributed by atoms with E-state index < -0.39 is 0 Å². The van der Waals surface area contributed by atoms with Gasteiger partial charge in [-0.25, -0.2) is 4.98 Å². The zero-order valence-corrected chi connectivity index (χ0v) is 10.9. The topological polar surface area (TPSA) is 38.9 Å². The summed E-state index contributed by atoms with van der Waals surface area (Å²) >= 11 is 5.12. The van der Waals surface area contributed by atoms with Crippen LogP contribution in [0.4, 0.5) is 5.82 Å².